The molecule has 3 nitrogen and oxygen atoms in total. The first kappa shape index (κ1) is 13.9. The Morgan fingerprint density at radius 1 is 1.32 bits per heavy atom. The quantitative estimate of drug-likeness (QED) is 0.906. The van der Waals surface area contributed by atoms with Crippen LogP contribution in [-0.4, -0.2) is 23.2 Å². The summed E-state index contributed by atoms with van der Waals surface area (Å²) in [7, 11) is 0. The van der Waals surface area contributed by atoms with Gasteiger partial charge in [-0.1, -0.05) is 6.07 Å². The number of rotatable bonds is 3. The Hall–Kier alpha value is -1.51. The van der Waals surface area contributed by atoms with Crippen molar-refractivity contribution in [2.24, 2.45) is 5.92 Å². The molecule has 1 N–H and O–H groups in total. The van der Waals surface area contributed by atoms with Crippen LogP contribution in [0.15, 0.2) is 18.2 Å². The minimum Gasteiger partial charge on any atom is -0.481 e. The molecule has 1 aromatic rings. The predicted molar refractivity (Wildman–Crippen MR) is 77.7 cm³/mol. The zero-order chi connectivity index (χ0) is 14.2. The second-order valence-electron chi connectivity index (χ2n) is 6.23. The molecule has 1 atom stereocenters. The highest BCUT2D eigenvalue weighted by Crippen LogP contribution is 2.40. The fraction of sp³-hybridized carbons (Fsp3) is 0.562. The standard InChI is InChI=1S/C16H23NO2/c1-11-7-12(2)9-14(8-11)17-6-5-13(10-15(18)19)16(17,3)4/h7-9,13H,5-6,10H2,1-4H3,(H,18,19). The molecule has 1 aliphatic rings. The molecule has 19 heavy (non-hydrogen) atoms. The third-order valence-electron chi connectivity index (χ3n) is 4.34. The maximum atomic E-state index is 11.0. The first-order valence-electron chi connectivity index (χ1n) is 6.88. The van der Waals surface area contributed by atoms with Gasteiger partial charge in [0.15, 0.2) is 0 Å². The Balaban J connectivity index is 2.28. The van der Waals surface area contributed by atoms with Gasteiger partial charge in [-0.05, 0) is 63.3 Å². The number of aryl methyl sites for hydroxylation is 2. The number of carboxylic acid groups (broad SMARTS) is 1. The largest absolute Gasteiger partial charge is 0.481 e. The van der Waals surface area contributed by atoms with E-state index >= 15 is 0 Å². The summed E-state index contributed by atoms with van der Waals surface area (Å²) < 4.78 is 0. The lowest BCUT2D eigenvalue weighted by atomic mass is 9.85. The predicted octanol–water partition coefficient (Wildman–Crippen LogP) is 3.38. The number of anilines is 1. The first-order chi connectivity index (χ1) is 8.80. The van der Waals surface area contributed by atoms with Crippen LogP contribution in [0.1, 0.15) is 37.8 Å². The maximum absolute atomic E-state index is 11.0. The Morgan fingerprint density at radius 2 is 1.89 bits per heavy atom. The molecular weight excluding hydrogens is 238 g/mol. The monoisotopic (exact) mass is 261 g/mol. The van der Waals surface area contributed by atoms with Crippen LogP contribution in [0.4, 0.5) is 5.69 Å². The molecule has 0 saturated carbocycles. The average Bonchev–Trinajstić information content (AvgIpc) is 2.52. The summed E-state index contributed by atoms with van der Waals surface area (Å²) in [6.45, 7) is 9.47. The van der Waals surface area contributed by atoms with Crippen LogP contribution >= 0.6 is 0 Å². The van der Waals surface area contributed by atoms with Crippen molar-refractivity contribution >= 4 is 11.7 Å². The Kier molecular flexibility index (Phi) is 3.57. The molecule has 2 rings (SSSR count). The van der Waals surface area contributed by atoms with Crippen LogP contribution in [0.5, 0.6) is 0 Å². The van der Waals surface area contributed by atoms with Crippen molar-refractivity contribution in [3.63, 3.8) is 0 Å². The van der Waals surface area contributed by atoms with E-state index in [-0.39, 0.29) is 17.9 Å². The van der Waals surface area contributed by atoms with Gasteiger partial charge in [-0.25, -0.2) is 0 Å². The molecule has 0 spiro atoms. The Labute approximate surface area is 115 Å². The summed E-state index contributed by atoms with van der Waals surface area (Å²) in [4.78, 5) is 13.3. The molecule has 1 aliphatic heterocycles. The zero-order valence-corrected chi connectivity index (χ0v) is 12.2. The minimum absolute atomic E-state index is 0.0986. The normalized spacial score (nSPS) is 21.7. The summed E-state index contributed by atoms with van der Waals surface area (Å²) in [5.41, 5.74) is 3.63. The van der Waals surface area contributed by atoms with Crippen molar-refractivity contribution in [1.29, 1.82) is 0 Å². The first-order valence-corrected chi connectivity index (χ1v) is 6.88. The molecular formula is C16H23NO2. The molecule has 1 fully saturated rings. The molecule has 0 aromatic heterocycles. The van der Waals surface area contributed by atoms with Gasteiger partial charge in [-0.2, -0.15) is 0 Å². The van der Waals surface area contributed by atoms with E-state index in [2.05, 4.69) is 50.8 Å². The van der Waals surface area contributed by atoms with E-state index in [1.807, 2.05) is 0 Å². The molecule has 0 radical (unpaired) electrons. The fourth-order valence-electron chi connectivity index (χ4n) is 3.28. The highest BCUT2D eigenvalue weighted by Gasteiger charge is 2.42. The maximum Gasteiger partial charge on any atom is 0.303 e. The van der Waals surface area contributed by atoms with Gasteiger partial charge in [0, 0.05) is 17.8 Å². The van der Waals surface area contributed by atoms with Gasteiger partial charge >= 0.3 is 5.97 Å². The molecule has 0 aliphatic carbocycles. The SMILES string of the molecule is Cc1cc(C)cc(N2CCC(CC(=O)O)C2(C)C)c1. The lowest BCUT2D eigenvalue weighted by Gasteiger charge is -2.37. The van der Waals surface area contributed by atoms with Crippen LogP contribution < -0.4 is 4.90 Å². The van der Waals surface area contributed by atoms with Crippen molar-refractivity contribution in [3.8, 4) is 0 Å². The lowest BCUT2D eigenvalue weighted by molar-refractivity contribution is -0.138. The molecule has 0 amide bonds. The molecule has 1 unspecified atom stereocenters. The van der Waals surface area contributed by atoms with Gasteiger partial charge in [0.1, 0.15) is 0 Å². The topological polar surface area (TPSA) is 40.5 Å². The van der Waals surface area contributed by atoms with Crippen molar-refractivity contribution in [2.75, 3.05) is 11.4 Å². The summed E-state index contributed by atoms with van der Waals surface area (Å²) in [6, 6.07) is 6.55. The molecule has 3 heteroatoms. The highest BCUT2D eigenvalue weighted by atomic mass is 16.4. The van der Waals surface area contributed by atoms with Crippen molar-refractivity contribution in [3.05, 3.63) is 29.3 Å². The van der Waals surface area contributed by atoms with E-state index in [1.54, 1.807) is 0 Å². The van der Waals surface area contributed by atoms with Gasteiger partial charge in [-0.3, -0.25) is 4.79 Å². The number of carboxylic acids is 1. The Bertz CT molecular complexity index is 473. The van der Waals surface area contributed by atoms with Gasteiger partial charge < -0.3 is 10.0 Å². The fourth-order valence-corrected chi connectivity index (χ4v) is 3.28. The van der Waals surface area contributed by atoms with E-state index in [0.29, 0.717) is 0 Å². The molecule has 1 heterocycles. The zero-order valence-electron chi connectivity index (χ0n) is 12.2. The number of hydrogen-bond donors (Lipinski definition) is 1. The third kappa shape index (κ3) is 2.75. The number of carbonyl (C=O) groups is 1. The Morgan fingerprint density at radius 3 is 2.42 bits per heavy atom. The van der Waals surface area contributed by atoms with E-state index in [1.165, 1.54) is 16.8 Å². The summed E-state index contributed by atoms with van der Waals surface area (Å²) in [6.07, 6.45) is 1.21. The number of nitrogens with zero attached hydrogens (tertiary/aromatic N) is 1. The summed E-state index contributed by atoms with van der Waals surface area (Å²) >= 11 is 0. The molecule has 1 saturated heterocycles. The second-order valence-corrected chi connectivity index (χ2v) is 6.23. The van der Waals surface area contributed by atoms with Crippen LogP contribution in [-0.2, 0) is 4.79 Å². The van der Waals surface area contributed by atoms with Crippen LogP contribution in [0, 0.1) is 19.8 Å². The van der Waals surface area contributed by atoms with Crippen molar-refractivity contribution < 1.29 is 9.90 Å². The molecule has 104 valence electrons. The summed E-state index contributed by atoms with van der Waals surface area (Å²) in [5.74, 6) is -0.480. The van der Waals surface area contributed by atoms with Crippen molar-refractivity contribution in [2.45, 2.75) is 46.1 Å². The van der Waals surface area contributed by atoms with E-state index in [9.17, 15) is 4.79 Å². The average molecular weight is 261 g/mol. The number of benzene rings is 1. The van der Waals surface area contributed by atoms with Gasteiger partial charge in [0.05, 0.1) is 6.42 Å². The van der Waals surface area contributed by atoms with Gasteiger partial charge in [0.2, 0.25) is 0 Å². The molecule has 1 aromatic carbocycles. The van der Waals surface area contributed by atoms with Crippen LogP contribution in [0.2, 0.25) is 0 Å². The lowest BCUT2D eigenvalue weighted by Crippen LogP contribution is -2.43. The number of hydrogen-bond acceptors (Lipinski definition) is 2. The third-order valence-corrected chi connectivity index (χ3v) is 4.34. The molecule has 0 bridgehead atoms. The number of aliphatic carboxylic acids is 1. The second kappa shape index (κ2) is 4.87. The van der Waals surface area contributed by atoms with E-state index in [0.717, 1.165) is 13.0 Å². The minimum atomic E-state index is -0.694. The van der Waals surface area contributed by atoms with Gasteiger partial charge in [0.25, 0.3) is 0 Å². The summed E-state index contributed by atoms with van der Waals surface area (Å²) in [5, 5.41) is 9.03. The highest BCUT2D eigenvalue weighted by molar-refractivity contribution is 5.68. The van der Waals surface area contributed by atoms with Crippen LogP contribution in [0.3, 0.4) is 0 Å². The van der Waals surface area contributed by atoms with E-state index < -0.39 is 5.97 Å². The van der Waals surface area contributed by atoms with E-state index in [4.69, 9.17) is 5.11 Å². The van der Waals surface area contributed by atoms with Gasteiger partial charge in [-0.15, -0.1) is 0 Å². The van der Waals surface area contributed by atoms with Crippen molar-refractivity contribution in [1.82, 2.24) is 0 Å². The van der Waals surface area contributed by atoms with Crippen LogP contribution in [0.25, 0.3) is 0 Å². The smallest absolute Gasteiger partial charge is 0.303 e.